The molecular formula is C14H15BrClN3O. The van der Waals surface area contributed by atoms with E-state index in [2.05, 4.69) is 25.8 Å². The molecule has 0 bridgehead atoms. The van der Waals surface area contributed by atoms with Crippen LogP contribution in [0.1, 0.15) is 5.82 Å². The van der Waals surface area contributed by atoms with E-state index in [-0.39, 0.29) is 5.56 Å². The molecule has 1 aliphatic heterocycles. The Morgan fingerprint density at radius 2 is 2.15 bits per heavy atom. The second kappa shape index (κ2) is 5.84. The maximum Gasteiger partial charge on any atom is 0.261 e. The van der Waals surface area contributed by atoms with E-state index in [4.69, 9.17) is 11.6 Å². The lowest BCUT2D eigenvalue weighted by atomic mass is 10.2. The van der Waals surface area contributed by atoms with Gasteiger partial charge in [0.05, 0.1) is 10.9 Å². The summed E-state index contributed by atoms with van der Waals surface area (Å²) in [5, 5.41) is 0.683. The Balaban J connectivity index is 2.06. The molecule has 106 valence electrons. The van der Waals surface area contributed by atoms with Crippen molar-refractivity contribution in [1.82, 2.24) is 14.5 Å². The van der Waals surface area contributed by atoms with Crippen LogP contribution in [0.5, 0.6) is 0 Å². The normalized spacial score (nSPS) is 16.1. The molecule has 0 spiro atoms. The monoisotopic (exact) mass is 355 g/mol. The largest absolute Gasteiger partial charge is 0.300 e. The molecular weight excluding hydrogens is 342 g/mol. The average molecular weight is 357 g/mol. The zero-order valence-corrected chi connectivity index (χ0v) is 13.3. The van der Waals surface area contributed by atoms with Crippen LogP contribution in [-0.2, 0) is 13.0 Å². The van der Waals surface area contributed by atoms with Crippen LogP contribution < -0.4 is 5.56 Å². The molecule has 4 nitrogen and oxygen atoms in total. The molecule has 0 saturated heterocycles. The number of rotatable bonds is 2. The van der Waals surface area contributed by atoms with Crippen LogP contribution in [0.3, 0.4) is 0 Å². The minimum Gasteiger partial charge on any atom is -0.300 e. The molecule has 0 N–H and O–H groups in total. The first-order valence-corrected chi connectivity index (χ1v) is 7.99. The Bertz CT molecular complexity index is 701. The highest BCUT2D eigenvalue weighted by Gasteiger charge is 2.17. The molecule has 1 aliphatic rings. The molecule has 6 heteroatoms. The minimum absolute atomic E-state index is 0.0604. The van der Waals surface area contributed by atoms with Gasteiger partial charge < -0.3 is 0 Å². The van der Waals surface area contributed by atoms with E-state index in [9.17, 15) is 4.79 Å². The van der Waals surface area contributed by atoms with Crippen molar-refractivity contribution >= 4 is 38.4 Å². The van der Waals surface area contributed by atoms with Crippen molar-refractivity contribution in [2.75, 3.05) is 25.5 Å². The maximum atomic E-state index is 12.6. The summed E-state index contributed by atoms with van der Waals surface area (Å²) in [5.41, 5.74) is 0.826. The van der Waals surface area contributed by atoms with Gasteiger partial charge in [-0.2, -0.15) is 0 Å². The number of benzene rings is 1. The highest BCUT2D eigenvalue weighted by atomic mass is 79.9. The number of halogens is 2. The van der Waals surface area contributed by atoms with Gasteiger partial charge in [-0.25, -0.2) is 4.98 Å². The number of alkyl halides is 1. The maximum absolute atomic E-state index is 12.6. The van der Waals surface area contributed by atoms with Gasteiger partial charge in [-0.3, -0.25) is 14.3 Å². The molecule has 0 atom stereocenters. The summed E-state index contributed by atoms with van der Waals surface area (Å²) in [7, 11) is 0. The van der Waals surface area contributed by atoms with Crippen LogP contribution in [0, 0.1) is 0 Å². The lowest BCUT2D eigenvalue weighted by Gasteiger charge is -2.16. The van der Waals surface area contributed by atoms with Crippen molar-refractivity contribution in [1.29, 1.82) is 0 Å². The fourth-order valence-electron chi connectivity index (χ4n) is 2.62. The highest BCUT2D eigenvalue weighted by molar-refractivity contribution is 9.10. The molecule has 20 heavy (non-hydrogen) atoms. The molecule has 0 amide bonds. The van der Waals surface area contributed by atoms with E-state index in [1.54, 1.807) is 0 Å². The van der Waals surface area contributed by atoms with Gasteiger partial charge in [-0.15, -0.1) is 11.6 Å². The third-order valence-electron chi connectivity index (χ3n) is 3.69. The standard InChI is InChI=1S/C14H15BrClN3O/c15-10-1-2-11-12(9-10)17-13-3-5-18(6-4-16)7-8-19(13)14(11)20/h1-2,9H,3-8H2. The molecule has 0 aliphatic carbocycles. The Morgan fingerprint density at radius 1 is 1.30 bits per heavy atom. The molecule has 3 rings (SSSR count). The van der Waals surface area contributed by atoms with Crippen LogP contribution >= 0.6 is 27.5 Å². The van der Waals surface area contributed by atoms with Crippen molar-refractivity contribution in [3.05, 3.63) is 38.9 Å². The highest BCUT2D eigenvalue weighted by Crippen LogP contribution is 2.17. The summed E-state index contributed by atoms with van der Waals surface area (Å²) in [6.45, 7) is 3.29. The van der Waals surface area contributed by atoms with Gasteiger partial charge in [-0.05, 0) is 18.2 Å². The zero-order valence-electron chi connectivity index (χ0n) is 11.0. The Labute approximate surface area is 130 Å². The fourth-order valence-corrected chi connectivity index (χ4v) is 3.20. The molecule has 0 fully saturated rings. The Morgan fingerprint density at radius 3 is 2.95 bits per heavy atom. The quantitative estimate of drug-likeness (QED) is 0.775. The van der Waals surface area contributed by atoms with E-state index in [0.29, 0.717) is 17.8 Å². The average Bonchev–Trinajstić information content (AvgIpc) is 2.62. The van der Waals surface area contributed by atoms with Crippen molar-refractivity contribution in [3.63, 3.8) is 0 Å². The minimum atomic E-state index is 0.0604. The van der Waals surface area contributed by atoms with Crippen molar-refractivity contribution in [2.24, 2.45) is 0 Å². The zero-order chi connectivity index (χ0) is 14.1. The van der Waals surface area contributed by atoms with Gasteiger partial charge in [0, 0.05) is 43.0 Å². The third-order valence-corrected chi connectivity index (χ3v) is 4.35. The van der Waals surface area contributed by atoms with Crippen LogP contribution in [0.2, 0.25) is 0 Å². The lowest BCUT2D eigenvalue weighted by Crippen LogP contribution is -2.30. The summed E-state index contributed by atoms with van der Waals surface area (Å²) < 4.78 is 2.75. The molecule has 0 radical (unpaired) electrons. The van der Waals surface area contributed by atoms with E-state index >= 15 is 0 Å². The molecule has 0 saturated carbocycles. The van der Waals surface area contributed by atoms with E-state index < -0.39 is 0 Å². The second-order valence-electron chi connectivity index (χ2n) is 4.93. The van der Waals surface area contributed by atoms with Gasteiger partial charge >= 0.3 is 0 Å². The Hall–Kier alpha value is -0.910. The van der Waals surface area contributed by atoms with Gasteiger partial charge in [0.2, 0.25) is 0 Å². The first-order chi connectivity index (χ1) is 9.69. The molecule has 0 unspecified atom stereocenters. The summed E-state index contributed by atoms with van der Waals surface area (Å²) in [6.07, 6.45) is 0.786. The lowest BCUT2D eigenvalue weighted by molar-refractivity contribution is 0.296. The van der Waals surface area contributed by atoms with Crippen molar-refractivity contribution in [2.45, 2.75) is 13.0 Å². The summed E-state index contributed by atoms with van der Waals surface area (Å²) in [6, 6.07) is 5.62. The van der Waals surface area contributed by atoms with Gasteiger partial charge in [0.15, 0.2) is 0 Å². The van der Waals surface area contributed by atoms with Gasteiger partial charge in [0.25, 0.3) is 5.56 Å². The van der Waals surface area contributed by atoms with Gasteiger partial charge in [-0.1, -0.05) is 15.9 Å². The van der Waals surface area contributed by atoms with Crippen LogP contribution in [-0.4, -0.2) is 40.0 Å². The van der Waals surface area contributed by atoms with Crippen LogP contribution in [0.15, 0.2) is 27.5 Å². The number of nitrogens with zero attached hydrogens (tertiary/aromatic N) is 3. The second-order valence-corrected chi connectivity index (χ2v) is 6.22. The number of hydrogen-bond acceptors (Lipinski definition) is 3. The summed E-state index contributed by atoms with van der Waals surface area (Å²) >= 11 is 9.23. The predicted molar refractivity (Wildman–Crippen MR) is 84.6 cm³/mol. The van der Waals surface area contributed by atoms with Crippen molar-refractivity contribution < 1.29 is 0 Å². The summed E-state index contributed by atoms with van der Waals surface area (Å²) in [5.74, 6) is 1.49. The number of fused-ring (bicyclic) bond motifs is 2. The van der Waals surface area contributed by atoms with E-state index in [0.717, 1.165) is 41.9 Å². The SMILES string of the molecule is O=c1c2ccc(Br)cc2nc2n1CCN(CCCl)CC2. The Kier molecular flexibility index (Phi) is 4.10. The molecule has 2 aromatic rings. The summed E-state index contributed by atoms with van der Waals surface area (Å²) in [4.78, 5) is 19.5. The molecule has 2 heterocycles. The third kappa shape index (κ3) is 2.62. The fraction of sp³-hybridized carbons (Fsp3) is 0.429. The van der Waals surface area contributed by atoms with E-state index in [1.807, 2.05) is 22.8 Å². The smallest absolute Gasteiger partial charge is 0.261 e. The van der Waals surface area contributed by atoms with E-state index in [1.165, 1.54) is 0 Å². The van der Waals surface area contributed by atoms with Crippen LogP contribution in [0.25, 0.3) is 10.9 Å². The first kappa shape index (κ1) is 14.0. The number of hydrogen-bond donors (Lipinski definition) is 0. The topological polar surface area (TPSA) is 38.1 Å². The molecule has 1 aromatic carbocycles. The molecule has 1 aromatic heterocycles. The van der Waals surface area contributed by atoms with Crippen LogP contribution in [0.4, 0.5) is 0 Å². The van der Waals surface area contributed by atoms with Gasteiger partial charge in [0.1, 0.15) is 5.82 Å². The first-order valence-electron chi connectivity index (χ1n) is 6.66. The van der Waals surface area contributed by atoms with Crippen molar-refractivity contribution in [3.8, 4) is 0 Å². The predicted octanol–water partition coefficient (Wildman–Crippen LogP) is 2.26. The number of aromatic nitrogens is 2.